The minimum absolute atomic E-state index is 0.00985. The fraction of sp³-hybridized carbons (Fsp3) is 0.500. The van der Waals surface area contributed by atoms with Crippen molar-refractivity contribution in [3.63, 3.8) is 0 Å². The van der Waals surface area contributed by atoms with Crippen LogP contribution in [-0.2, 0) is 11.3 Å². The maximum Gasteiger partial charge on any atom is 0.146 e. The first-order chi connectivity index (χ1) is 8.20. The van der Waals surface area contributed by atoms with Crippen LogP contribution < -0.4 is 5.73 Å². The third-order valence-corrected chi connectivity index (χ3v) is 3.01. The number of morpholine rings is 1. The van der Waals surface area contributed by atoms with Crippen molar-refractivity contribution in [3.8, 4) is 0 Å². The van der Waals surface area contributed by atoms with E-state index in [0.29, 0.717) is 19.8 Å². The monoisotopic (exact) mass is 240 g/mol. The molecular formula is C12H17FN2O2. The third-order valence-electron chi connectivity index (χ3n) is 3.01. The van der Waals surface area contributed by atoms with Crippen LogP contribution in [0.3, 0.4) is 0 Å². The van der Waals surface area contributed by atoms with Gasteiger partial charge in [-0.25, -0.2) is 4.39 Å². The number of hydrogen-bond acceptors (Lipinski definition) is 4. The maximum atomic E-state index is 13.3. The molecule has 2 rings (SSSR count). The summed E-state index contributed by atoms with van der Waals surface area (Å²) < 4.78 is 18.6. The van der Waals surface area contributed by atoms with Crippen molar-refractivity contribution in [3.05, 3.63) is 29.6 Å². The Hall–Kier alpha value is -1.17. The van der Waals surface area contributed by atoms with Crippen LogP contribution >= 0.6 is 0 Å². The van der Waals surface area contributed by atoms with Crippen molar-refractivity contribution in [1.29, 1.82) is 0 Å². The number of anilines is 1. The highest BCUT2D eigenvalue weighted by Gasteiger charge is 2.22. The smallest absolute Gasteiger partial charge is 0.146 e. The van der Waals surface area contributed by atoms with E-state index >= 15 is 0 Å². The van der Waals surface area contributed by atoms with Gasteiger partial charge in [-0.05, 0) is 17.7 Å². The first-order valence-electron chi connectivity index (χ1n) is 5.67. The molecule has 0 spiro atoms. The fourth-order valence-electron chi connectivity index (χ4n) is 1.97. The average Bonchev–Trinajstić information content (AvgIpc) is 2.34. The van der Waals surface area contributed by atoms with Crippen molar-refractivity contribution >= 4 is 5.69 Å². The zero-order valence-corrected chi connectivity index (χ0v) is 9.60. The Balaban J connectivity index is 2.05. The van der Waals surface area contributed by atoms with Gasteiger partial charge in [-0.3, -0.25) is 4.90 Å². The highest BCUT2D eigenvalue weighted by molar-refractivity contribution is 5.41. The van der Waals surface area contributed by atoms with Crippen LogP contribution in [0, 0.1) is 5.82 Å². The topological polar surface area (TPSA) is 58.7 Å². The molecule has 3 N–H and O–H groups in total. The molecule has 0 amide bonds. The van der Waals surface area contributed by atoms with Gasteiger partial charge < -0.3 is 15.6 Å². The second kappa shape index (κ2) is 5.44. The van der Waals surface area contributed by atoms with Crippen LogP contribution in [0.2, 0.25) is 0 Å². The normalized spacial score (nSPS) is 21.6. The van der Waals surface area contributed by atoms with Crippen LogP contribution in [-0.4, -0.2) is 42.4 Å². The highest BCUT2D eigenvalue weighted by atomic mass is 19.1. The molecule has 1 fully saturated rings. The molecule has 1 saturated heterocycles. The maximum absolute atomic E-state index is 13.3. The lowest BCUT2D eigenvalue weighted by atomic mass is 10.1. The molecule has 0 bridgehead atoms. The number of benzene rings is 1. The van der Waals surface area contributed by atoms with E-state index in [2.05, 4.69) is 4.90 Å². The summed E-state index contributed by atoms with van der Waals surface area (Å²) in [5.74, 6) is -0.392. The lowest BCUT2D eigenvalue weighted by Gasteiger charge is -2.34. The molecule has 0 radical (unpaired) electrons. The minimum Gasteiger partial charge on any atom is -0.396 e. The Bertz CT molecular complexity index is 387. The minimum atomic E-state index is -0.392. The molecule has 1 aliphatic rings. The number of nitrogens with two attached hydrogens (primary N) is 1. The van der Waals surface area contributed by atoms with E-state index in [1.807, 2.05) is 6.07 Å². The lowest BCUT2D eigenvalue weighted by molar-refractivity contribution is -0.0312. The van der Waals surface area contributed by atoms with Gasteiger partial charge in [0.25, 0.3) is 0 Å². The van der Waals surface area contributed by atoms with Crippen LogP contribution in [0.4, 0.5) is 10.1 Å². The largest absolute Gasteiger partial charge is 0.396 e. The number of nitrogens with zero attached hydrogens (tertiary/aromatic N) is 1. The van der Waals surface area contributed by atoms with Crippen LogP contribution in [0.5, 0.6) is 0 Å². The van der Waals surface area contributed by atoms with Gasteiger partial charge in [0.15, 0.2) is 0 Å². The van der Waals surface area contributed by atoms with Gasteiger partial charge >= 0.3 is 0 Å². The summed E-state index contributed by atoms with van der Waals surface area (Å²) in [6, 6.07) is 4.81. The van der Waals surface area contributed by atoms with Gasteiger partial charge in [0.05, 0.1) is 31.5 Å². The van der Waals surface area contributed by atoms with Crippen LogP contribution in [0.15, 0.2) is 18.2 Å². The zero-order chi connectivity index (χ0) is 12.3. The van der Waals surface area contributed by atoms with E-state index < -0.39 is 5.82 Å². The third kappa shape index (κ3) is 2.94. The molecule has 1 heterocycles. The van der Waals surface area contributed by atoms with Gasteiger partial charge in [-0.15, -0.1) is 0 Å². The summed E-state index contributed by atoms with van der Waals surface area (Å²) in [5, 5.41) is 9.22. The molecule has 4 nitrogen and oxygen atoms in total. The lowest BCUT2D eigenvalue weighted by Crippen LogP contribution is -2.46. The predicted molar refractivity (Wildman–Crippen MR) is 62.9 cm³/mol. The SMILES string of the molecule is Nc1ccc(CN2CCOCC2CO)cc1F. The first-order valence-corrected chi connectivity index (χ1v) is 5.67. The molecule has 17 heavy (non-hydrogen) atoms. The number of aliphatic hydroxyl groups is 1. The molecule has 1 atom stereocenters. The quantitative estimate of drug-likeness (QED) is 0.760. The fourth-order valence-corrected chi connectivity index (χ4v) is 1.97. The number of ether oxygens (including phenoxy) is 1. The summed E-state index contributed by atoms with van der Waals surface area (Å²) in [4.78, 5) is 2.09. The molecule has 1 aromatic carbocycles. The summed E-state index contributed by atoms with van der Waals surface area (Å²) >= 11 is 0. The number of nitrogen functional groups attached to an aromatic ring is 1. The van der Waals surface area contributed by atoms with Crippen molar-refractivity contribution in [2.24, 2.45) is 0 Å². The number of rotatable bonds is 3. The van der Waals surface area contributed by atoms with Crippen molar-refractivity contribution in [2.75, 3.05) is 32.1 Å². The van der Waals surface area contributed by atoms with Crippen LogP contribution in [0.25, 0.3) is 0 Å². The van der Waals surface area contributed by atoms with Gasteiger partial charge in [-0.1, -0.05) is 6.07 Å². The van der Waals surface area contributed by atoms with Crippen molar-refractivity contribution in [2.45, 2.75) is 12.6 Å². The van der Waals surface area contributed by atoms with Crippen molar-refractivity contribution < 1.29 is 14.2 Å². The summed E-state index contributed by atoms with van der Waals surface area (Å²) in [6.45, 7) is 2.57. The van der Waals surface area contributed by atoms with E-state index in [1.165, 1.54) is 6.07 Å². The van der Waals surface area contributed by atoms with E-state index in [0.717, 1.165) is 12.1 Å². The number of hydrogen-bond donors (Lipinski definition) is 2. The van der Waals surface area contributed by atoms with Gasteiger partial charge in [0.1, 0.15) is 5.82 Å². The Morgan fingerprint density at radius 1 is 1.53 bits per heavy atom. The Morgan fingerprint density at radius 3 is 3.06 bits per heavy atom. The molecule has 94 valence electrons. The number of aliphatic hydroxyl groups excluding tert-OH is 1. The molecule has 0 aromatic heterocycles. The summed E-state index contributed by atoms with van der Waals surface area (Å²) in [6.07, 6.45) is 0. The first kappa shape index (κ1) is 12.3. The second-order valence-electron chi connectivity index (χ2n) is 4.24. The molecule has 1 aromatic rings. The predicted octanol–water partition coefficient (Wildman–Crippen LogP) is 0.601. The molecule has 0 aliphatic carbocycles. The standard InChI is InChI=1S/C12H17FN2O2/c13-11-5-9(1-2-12(11)14)6-15-3-4-17-8-10(15)7-16/h1-2,5,10,16H,3-4,6-8,14H2. The highest BCUT2D eigenvalue weighted by Crippen LogP contribution is 2.16. The molecule has 5 heteroatoms. The summed E-state index contributed by atoms with van der Waals surface area (Å²) in [7, 11) is 0. The second-order valence-corrected chi connectivity index (χ2v) is 4.24. The Labute approximate surface area is 99.8 Å². The van der Waals surface area contributed by atoms with E-state index in [-0.39, 0.29) is 18.3 Å². The molecular weight excluding hydrogens is 223 g/mol. The van der Waals surface area contributed by atoms with Crippen molar-refractivity contribution in [1.82, 2.24) is 4.90 Å². The Morgan fingerprint density at radius 2 is 2.35 bits per heavy atom. The molecule has 1 unspecified atom stereocenters. The molecule has 1 aliphatic heterocycles. The Kier molecular flexibility index (Phi) is 3.93. The van der Waals surface area contributed by atoms with E-state index in [4.69, 9.17) is 10.5 Å². The van der Waals surface area contributed by atoms with E-state index in [1.54, 1.807) is 6.07 Å². The number of halogens is 1. The van der Waals surface area contributed by atoms with E-state index in [9.17, 15) is 9.50 Å². The zero-order valence-electron chi connectivity index (χ0n) is 9.60. The van der Waals surface area contributed by atoms with Gasteiger partial charge in [0.2, 0.25) is 0 Å². The van der Waals surface area contributed by atoms with Gasteiger partial charge in [-0.2, -0.15) is 0 Å². The average molecular weight is 240 g/mol. The molecule has 0 saturated carbocycles. The summed E-state index contributed by atoms with van der Waals surface area (Å²) in [5.41, 5.74) is 6.45. The van der Waals surface area contributed by atoms with Gasteiger partial charge in [0, 0.05) is 13.1 Å². The van der Waals surface area contributed by atoms with Crippen LogP contribution in [0.1, 0.15) is 5.56 Å².